The fraction of sp³-hybridized carbons (Fsp3) is 0.286. The van der Waals surface area contributed by atoms with Gasteiger partial charge in [-0.3, -0.25) is 0 Å². The molecular weight excluding hydrogens is 262 g/mol. The zero-order valence-electron chi connectivity index (χ0n) is 10.7. The average Bonchev–Trinajstić information content (AvgIpc) is 2.39. The standard InChI is InChI=1S/C14H16ClN3O/c1-10(19)7-8-16-13-9-12(15)17-14(18-13)11-5-3-2-4-6-11/h2-6,9-10,19H,7-8H2,1H3,(H,16,17,18). The summed E-state index contributed by atoms with van der Waals surface area (Å²) < 4.78 is 0. The summed E-state index contributed by atoms with van der Waals surface area (Å²) in [6.07, 6.45) is 0.320. The van der Waals surface area contributed by atoms with Gasteiger partial charge in [0.05, 0.1) is 6.10 Å². The highest BCUT2D eigenvalue weighted by molar-refractivity contribution is 6.29. The van der Waals surface area contributed by atoms with E-state index in [0.717, 1.165) is 5.56 Å². The Hall–Kier alpha value is -1.65. The smallest absolute Gasteiger partial charge is 0.163 e. The van der Waals surface area contributed by atoms with E-state index in [0.29, 0.717) is 29.8 Å². The summed E-state index contributed by atoms with van der Waals surface area (Å²) in [7, 11) is 0. The number of halogens is 1. The van der Waals surface area contributed by atoms with Gasteiger partial charge in [0.15, 0.2) is 5.82 Å². The van der Waals surface area contributed by atoms with Crippen LogP contribution in [0.5, 0.6) is 0 Å². The van der Waals surface area contributed by atoms with E-state index in [4.69, 9.17) is 11.6 Å². The van der Waals surface area contributed by atoms with Gasteiger partial charge < -0.3 is 10.4 Å². The Kier molecular flexibility index (Phi) is 4.71. The second-order valence-corrected chi connectivity index (χ2v) is 4.72. The molecule has 0 aliphatic rings. The molecule has 2 rings (SSSR count). The highest BCUT2D eigenvalue weighted by atomic mass is 35.5. The van der Waals surface area contributed by atoms with Crippen molar-refractivity contribution in [1.82, 2.24) is 9.97 Å². The molecule has 0 saturated heterocycles. The molecule has 5 heteroatoms. The van der Waals surface area contributed by atoms with Crippen LogP contribution in [-0.4, -0.2) is 27.7 Å². The van der Waals surface area contributed by atoms with Crippen LogP contribution in [0.1, 0.15) is 13.3 Å². The summed E-state index contributed by atoms with van der Waals surface area (Å²) in [5, 5.41) is 12.7. The molecule has 0 fully saturated rings. The molecule has 0 saturated carbocycles. The minimum atomic E-state index is -0.335. The summed E-state index contributed by atoms with van der Waals surface area (Å²) >= 11 is 6.00. The lowest BCUT2D eigenvalue weighted by Gasteiger charge is -2.09. The Morgan fingerprint density at radius 1 is 1.26 bits per heavy atom. The minimum absolute atomic E-state index is 0.335. The van der Waals surface area contributed by atoms with Crippen molar-refractivity contribution in [1.29, 1.82) is 0 Å². The van der Waals surface area contributed by atoms with Gasteiger partial charge in [-0.25, -0.2) is 9.97 Å². The lowest BCUT2D eigenvalue weighted by Crippen LogP contribution is -2.11. The molecule has 0 radical (unpaired) electrons. The van der Waals surface area contributed by atoms with E-state index in [1.807, 2.05) is 30.3 Å². The first-order valence-electron chi connectivity index (χ1n) is 6.17. The summed E-state index contributed by atoms with van der Waals surface area (Å²) in [6.45, 7) is 2.39. The molecule has 0 bridgehead atoms. The van der Waals surface area contributed by atoms with Gasteiger partial charge in [0.1, 0.15) is 11.0 Å². The van der Waals surface area contributed by atoms with Crippen LogP contribution in [-0.2, 0) is 0 Å². The number of benzene rings is 1. The number of nitrogens with zero attached hydrogens (tertiary/aromatic N) is 2. The third-order valence-electron chi connectivity index (χ3n) is 2.60. The molecule has 0 spiro atoms. The maximum Gasteiger partial charge on any atom is 0.163 e. The number of aliphatic hydroxyl groups excluding tert-OH is 1. The second kappa shape index (κ2) is 6.50. The van der Waals surface area contributed by atoms with Gasteiger partial charge in [0, 0.05) is 18.2 Å². The van der Waals surface area contributed by atoms with E-state index in [2.05, 4.69) is 15.3 Å². The first kappa shape index (κ1) is 13.8. The molecule has 2 N–H and O–H groups in total. The number of rotatable bonds is 5. The van der Waals surface area contributed by atoms with E-state index < -0.39 is 0 Å². The molecule has 19 heavy (non-hydrogen) atoms. The molecule has 100 valence electrons. The molecule has 1 unspecified atom stereocenters. The van der Waals surface area contributed by atoms with E-state index in [9.17, 15) is 5.11 Å². The van der Waals surface area contributed by atoms with Crippen LogP contribution in [0.4, 0.5) is 5.82 Å². The van der Waals surface area contributed by atoms with Crippen LogP contribution in [0.3, 0.4) is 0 Å². The lowest BCUT2D eigenvalue weighted by atomic mass is 10.2. The van der Waals surface area contributed by atoms with Crippen molar-refractivity contribution >= 4 is 17.4 Å². The normalized spacial score (nSPS) is 12.2. The minimum Gasteiger partial charge on any atom is -0.393 e. The van der Waals surface area contributed by atoms with Gasteiger partial charge in [-0.05, 0) is 13.3 Å². The van der Waals surface area contributed by atoms with Crippen molar-refractivity contribution in [3.8, 4) is 11.4 Å². The van der Waals surface area contributed by atoms with Crippen molar-refractivity contribution in [2.75, 3.05) is 11.9 Å². The molecule has 1 aromatic heterocycles. The maximum absolute atomic E-state index is 9.22. The Bertz CT molecular complexity index is 531. The average molecular weight is 278 g/mol. The molecular formula is C14H16ClN3O. The third kappa shape index (κ3) is 4.19. The predicted octanol–water partition coefficient (Wildman–Crippen LogP) is 2.98. The monoisotopic (exact) mass is 277 g/mol. The highest BCUT2D eigenvalue weighted by Crippen LogP contribution is 2.19. The zero-order valence-corrected chi connectivity index (χ0v) is 11.4. The molecule has 1 heterocycles. The maximum atomic E-state index is 9.22. The van der Waals surface area contributed by atoms with E-state index in [1.54, 1.807) is 13.0 Å². The van der Waals surface area contributed by atoms with Gasteiger partial charge in [-0.2, -0.15) is 0 Å². The third-order valence-corrected chi connectivity index (χ3v) is 2.79. The molecule has 1 aromatic carbocycles. The van der Waals surface area contributed by atoms with Crippen LogP contribution in [0.2, 0.25) is 5.15 Å². The van der Waals surface area contributed by atoms with Crippen LogP contribution in [0.25, 0.3) is 11.4 Å². The van der Waals surface area contributed by atoms with Crippen LogP contribution in [0.15, 0.2) is 36.4 Å². The number of aliphatic hydroxyl groups is 1. The van der Waals surface area contributed by atoms with Gasteiger partial charge in [-0.15, -0.1) is 0 Å². The number of aromatic nitrogens is 2. The van der Waals surface area contributed by atoms with E-state index in [1.165, 1.54) is 0 Å². The first-order chi connectivity index (χ1) is 9.15. The molecule has 0 aliphatic carbocycles. The van der Waals surface area contributed by atoms with Crippen LogP contribution >= 0.6 is 11.6 Å². The Labute approximate surface area is 117 Å². The zero-order chi connectivity index (χ0) is 13.7. The summed E-state index contributed by atoms with van der Waals surface area (Å²) in [6, 6.07) is 11.3. The Morgan fingerprint density at radius 2 is 2.00 bits per heavy atom. The van der Waals surface area contributed by atoms with Crippen molar-refractivity contribution in [3.63, 3.8) is 0 Å². The number of hydrogen-bond donors (Lipinski definition) is 2. The number of anilines is 1. The Morgan fingerprint density at radius 3 is 2.68 bits per heavy atom. The summed E-state index contributed by atoms with van der Waals surface area (Å²) in [4.78, 5) is 8.62. The Balaban J connectivity index is 2.16. The summed E-state index contributed by atoms with van der Waals surface area (Å²) in [5.74, 6) is 1.26. The van der Waals surface area contributed by atoms with Crippen molar-refractivity contribution in [2.45, 2.75) is 19.4 Å². The van der Waals surface area contributed by atoms with E-state index in [-0.39, 0.29) is 6.10 Å². The predicted molar refractivity (Wildman–Crippen MR) is 77.3 cm³/mol. The molecule has 1 atom stereocenters. The SMILES string of the molecule is CC(O)CCNc1cc(Cl)nc(-c2ccccc2)n1. The van der Waals surface area contributed by atoms with Crippen molar-refractivity contribution < 1.29 is 5.11 Å². The topological polar surface area (TPSA) is 58.0 Å². The fourth-order valence-electron chi connectivity index (χ4n) is 1.63. The fourth-order valence-corrected chi connectivity index (χ4v) is 1.82. The highest BCUT2D eigenvalue weighted by Gasteiger charge is 2.05. The molecule has 0 aliphatic heterocycles. The van der Waals surface area contributed by atoms with Gasteiger partial charge in [-0.1, -0.05) is 41.9 Å². The van der Waals surface area contributed by atoms with E-state index >= 15 is 0 Å². The van der Waals surface area contributed by atoms with Gasteiger partial charge in [0.2, 0.25) is 0 Å². The molecule has 0 amide bonds. The number of hydrogen-bond acceptors (Lipinski definition) is 4. The van der Waals surface area contributed by atoms with Crippen LogP contribution in [0, 0.1) is 0 Å². The van der Waals surface area contributed by atoms with Crippen molar-refractivity contribution in [2.24, 2.45) is 0 Å². The summed E-state index contributed by atoms with van der Waals surface area (Å²) in [5.41, 5.74) is 0.920. The largest absolute Gasteiger partial charge is 0.393 e. The van der Waals surface area contributed by atoms with Gasteiger partial charge in [0.25, 0.3) is 0 Å². The second-order valence-electron chi connectivity index (χ2n) is 4.33. The van der Waals surface area contributed by atoms with Crippen LogP contribution < -0.4 is 5.32 Å². The van der Waals surface area contributed by atoms with Gasteiger partial charge >= 0.3 is 0 Å². The number of nitrogens with one attached hydrogen (secondary N) is 1. The molecule has 4 nitrogen and oxygen atoms in total. The first-order valence-corrected chi connectivity index (χ1v) is 6.55. The van der Waals surface area contributed by atoms with Crippen molar-refractivity contribution in [3.05, 3.63) is 41.6 Å². The molecule has 2 aromatic rings. The lowest BCUT2D eigenvalue weighted by molar-refractivity contribution is 0.188. The quantitative estimate of drug-likeness (QED) is 0.825.